The average Bonchev–Trinajstić information content (AvgIpc) is 2.71. The van der Waals surface area contributed by atoms with E-state index in [9.17, 15) is 18.4 Å². The van der Waals surface area contributed by atoms with Gasteiger partial charge in [-0.05, 0) is 48.9 Å². The summed E-state index contributed by atoms with van der Waals surface area (Å²) in [5.41, 5.74) is 1.02. The molecule has 0 spiro atoms. The number of hydrogen-bond donors (Lipinski definition) is 2. The van der Waals surface area contributed by atoms with Crippen molar-refractivity contribution in [3.05, 3.63) is 53.6 Å². The molecule has 156 valence electrons. The molecule has 0 aliphatic carbocycles. The topological polar surface area (TPSA) is 85.9 Å². The summed E-state index contributed by atoms with van der Waals surface area (Å²) in [7, 11) is 1.33. The van der Waals surface area contributed by atoms with Crippen LogP contribution in [0.2, 0.25) is 0 Å². The van der Waals surface area contributed by atoms with Crippen LogP contribution in [0, 0.1) is 0 Å². The molecule has 0 unspecified atom stereocenters. The van der Waals surface area contributed by atoms with Crippen LogP contribution in [0.25, 0.3) is 0 Å². The Kier molecular flexibility index (Phi) is 8.20. The Morgan fingerprint density at radius 2 is 1.76 bits per heavy atom. The first-order chi connectivity index (χ1) is 13.9. The van der Waals surface area contributed by atoms with Gasteiger partial charge in [0.1, 0.15) is 5.75 Å². The third kappa shape index (κ3) is 6.95. The van der Waals surface area contributed by atoms with Gasteiger partial charge in [0.25, 0.3) is 5.91 Å². The highest BCUT2D eigenvalue weighted by Crippen LogP contribution is 2.29. The fourth-order valence-corrected chi connectivity index (χ4v) is 2.41. The molecule has 0 radical (unpaired) electrons. The zero-order chi connectivity index (χ0) is 21.2. The quantitative estimate of drug-likeness (QED) is 0.632. The Balaban J connectivity index is 1.82. The van der Waals surface area contributed by atoms with Crippen LogP contribution in [0.15, 0.2) is 42.5 Å². The second kappa shape index (κ2) is 10.8. The first-order valence-corrected chi connectivity index (χ1v) is 8.82. The van der Waals surface area contributed by atoms with Gasteiger partial charge in [-0.1, -0.05) is 6.07 Å². The number of nitrogens with one attached hydrogen (secondary N) is 2. The smallest absolute Gasteiger partial charge is 0.387 e. The van der Waals surface area contributed by atoms with Crippen LogP contribution >= 0.6 is 0 Å². The molecule has 2 N–H and O–H groups in total. The highest BCUT2D eigenvalue weighted by atomic mass is 19.3. The summed E-state index contributed by atoms with van der Waals surface area (Å²) in [5, 5.41) is 5.14. The van der Waals surface area contributed by atoms with E-state index in [1.165, 1.54) is 25.3 Å². The van der Waals surface area contributed by atoms with Crippen molar-refractivity contribution >= 4 is 11.8 Å². The van der Waals surface area contributed by atoms with Crippen molar-refractivity contribution < 1.29 is 32.6 Å². The molecule has 0 aliphatic heterocycles. The first kappa shape index (κ1) is 21.9. The van der Waals surface area contributed by atoms with E-state index in [2.05, 4.69) is 15.4 Å². The highest BCUT2D eigenvalue weighted by molar-refractivity contribution is 5.96. The van der Waals surface area contributed by atoms with E-state index >= 15 is 0 Å². The van der Waals surface area contributed by atoms with Crippen LogP contribution in [0.5, 0.6) is 17.2 Å². The normalized spacial score (nSPS) is 10.4. The number of alkyl halides is 2. The molecule has 9 heteroatoms. The Bertz CT molecular complexity index is 828. The third-order valence-electron chi connectivity index (χ3n) is 3.77. The van der Waals surface area contributed by atoms with Gasteiger partial charge in [0.2, 0.25) is 5.91 Å². The fourth-order valence-electron chi connectivity index (χ4n) is 2.41. The van der Waals surface area contributed by atoms with E-state index in [0.717, 1.165) is 0 Å². The highest BCUT2D eigenvalue weighted by Gasteiger charge is 2.12. The molecule has 2 aromatic carbocycles. The number of hydrogen-bond acceptors (Lipinski definition) is 5. The largest absolute Gasteiger partial charge is 0.494 e. The predicted molar refractivity (Wildman–Crippen MR) is 101 cm³/mol. The minimum atomic E-state index is -2.96. The lowest BCUT2D eigenvalue weighted by Gasteiger charge is -2.12. The molecular weight excluding hydrogens is 386 g/mol. The summed E-state index contributed by atoms with van der Waals surface area (Å²) in [6.45, 7) is -0.660. The first-order valence-electron chi connectivity index (χ1n) is 8.82. The van der Waals surface area contributed by atoms with Crippen molar-refractivity contribution in [3.63, 3.8) is 0 Å². The number of methoxy groups -OCH3 is 1. The summed E-state index contributed by atoms with van der Waals surface area (Å²) < 4.78 is 39.3. The number of amides is 2. The van der Waals surface area contributed by atoms with Crippen molar-refractivity contribution in [1.29, 1.82) is 0 Å². The van der Waals surface area contributed by atoms with E-state index in [4.69, 9.17) is 9.47 Å². The van der Waals surface area contributed by atoms with Crippen molar-refractivity contribution in [2.24, 2.45) is 0 Å². The van der Waals surface area contributed by atoms with Crippen molar-refractivity contribution in [2.45, 2.75) is 20.1 Å². The molecule has 0 aliphatic rings. The molecule has 2 aromatic rings. The van der Waals surface area contributed by atoms with Crippen molar-refractivity contribution in [2.75, 3.05) is 20.3 Å². The molecule has 2 rings (SSSR count). The Morgan fingerprint density at radius 1 is 1.03 bits per heavy atom. The molecule has 29 heavy (non-hydrogen) atoms. The Hall–Kier alpha value is -3.36. The summed E-state index contributed by atoms with van der Waals surface area (Å²) in [6.07, 6.45) is 0. The number of carbonyl (C=O) groups is 2. The second-order valence-electron chi connectivity index (χ2n) is 5.78. The lowest BCUT2D eigenvalue weighted by Crippen LogP contribution is -2.36. The molecule has 0 aromatic heterocycles. The SMILES string of the molecule is CCOc1ccc(C(=O)NCC(=O)NCc2ccc(OC(F)F)c(OC)c2)cc1. The van der Waals surface area contributed by atoms with Gasteiger partial charge in [0.15, 0.2) is 11.5 Å². The third-order valence-corrected chi connectivity index (χ3v) is 3.77. The lowest BCUT2D eigenvalue weighted by molar-refractivity contribution is -0.120. The van der Waals surface area contributed by atoms with E-state index in [1.54, 1.807) is 24.3 Å². The van der Waals surface area contributed by atoms with Crippen LogP contribution in [0.3, 0.4) is 0 Å². The van der Waals surface area contributed by atoms with Gasteiger partial charge in [-0.15, -0.1) is 0 Å². The molecule has 7 nitrogen and oxygen atoms in total. The van der Waals surface area contributed by atoms with Gasteiger partial charge in [0.05, 0.1) is 20.3 Å². The molecule has 0 heterocycles. The van der Waals surface area contributed by atoms with Gasteiger partial charge < -0.3 is 24.8 Å². The van der Waals surface area contributed by atoms with Crippen LogP contribution in [-0.2, 0) is 11.3 Å². The number of ether oxygens (including phenoxy) is 3. The van der Waals surface area contributed by atoms with Gasteiger partial charge in [-0.2, -0.15) is 8.78 Å². The molecule has 2 amide bonds. The molecule has 0 saturated heterocycles. The Morgan fingerprint density at radius 3 is 2.38 bits per heavy atom. The van der Waals surface area contributed by atoms with Crippen LogP contribution in [0.4, 0.5) is 8.78 Å². The summed E-state index contributed by atoms with van der Waals surface area (Å²) >= 11 is 0. The zero-order valence-corrected chi connectivity index (χ0v) is 16.0. The molecule has 0 fully saturated rings. The maximum absolute atomic E-state index is 12.3. The maximum Gasteiger partial charge on any atom is 0.387 e. The standard InChI is InChI=1S/C20H22F2N2O5/c1-3-28-15-7-5-14(6-8-15)19(26)24-12-18(25)23-11-13-4-9-16(29-20(21)22)17(10-13)27-2/h4-10,20H,3,11-12H2,1-2H3,(H,23,25)(H,24,26). The number of halogens is 2. The predicted octanol–water partition coefficient (Wildman–Crippen LogP) is 2.74. The van der Waals surface area contributed by atoms with E-state index in [1.807, 2.05) is 6.92 Å². The van der Waals surface area contributed by atoms with E-state index < -0.39 is 18.4 Å². The monoisotopic (exact) mass is 408 g/mol. The minimum Gasteiger partial charge on any atom is -0.494 e. The van der Waals surface area contributed by atoms with E-state index in [-0.39, 0.29) is 24.6 Å². The number of benzene rings is 2. The number of carbonyl (C=O) groups excluding carboxylic acids is 2. The zero-order valence-electron chi connectivity index (χ0n) is 16.0. The summed E-state index contributed by atoms with van der Waals surface area (Å²) in [6, 6.07) is 10.9. The maximum atomic E-state index is 12.3. The minimum absolute atomic E-state index is 0.0970. The van der Waals surface area contributed by atoms with Crippen molar-refractivity contribution in [3.8, 4) is 17.2 Å². The van der Waals surface area contributed by atoms with Gasteiger partial charge in [-0.3, -0.25) is 9.59 Å². The van der Waals surface area contributed by atoms with Gasteiger partial charge >= 0.3 is 6.61 Å². The summed E-state index contributed by atoms with van der Waals surface area (Å²) in [5.74, 6) is -0.113. The second-order valence-corrected chi connectivity index (χ2v) is 5.78. The van der Waals surface area contributed by atoms with Crippen LogP contribution in [-0.4, -0.2) is 38.7 Å². The van der Waals surface area contributed by atoms with E-state index in [0.29, 0.717) is 23.5 Å². The van der Waals surface area contributed by atoms with Crippen molar-refractivity contribution in [1.82, 2.24) is 10.6 Å². The van der Waals surface area contributed by atoms with Gasteiger partial charge in [0, 0.05) is 12.1 Å². The molecule has 0 atom stereocenters. The average molecular weight is 408 g/mol. The van der Waals surface area contributed by atoms with Gasteiger partial charge in [-0.25, -0.2) is 0 Å². The molecule has 0 bridgehead atoms. The lowest BCUT2D eigenvalue weighted by atomic mass is 10.2. The summed E-state index contributed by atoms with van der Waals surface area (Å²) in [4.78, 5) is 24.0. The molecular formula is C20H22F2N2O5. The Labute approximate surface area is 167 Å². The molecule has 0 saturated carbocycles. The van der Waals surface area contributed by atoms with Crippen LogP contribution in [0.1, 0.15) is 22.8 Å². The fraction of sp³-hybridized carbons (Fsp3) is 0.300. The van der Waals surface area contributed by atoms with Crippen LogP contribution < -0.4 is 24.8 Å². The number of rotatable bonds is 10.